The third-order valence-corrected chi connectivity index (χ3v) is 5.64. The number of aliphatic imine (C=N–C) groups is 1. The molecule has 0 spiro atoms. The average molecular weight is 407 g/mol. The van der Waals surface area contributed by atoms with Crippen LogP contribution in [0, 0.1) is 18.8 Å². The van der Waals surface area contributed by atoms with E-state index in [9.17, 15) is 5.11 Å². The van der Waals surface area contributed by atoms with Crippen LogP contribution in [-0.2, 0) is 20.0 Å². The Morgan fingerprint density at radius 3 is 2.75 bits per heavy atom. The van der Waals surface area contributed by atoms with Crippen LogP contribution in [0.5, 0.6) is 0 Å². The average Bonchev–Trinajstić information content (AvgIpc) is 3.28. The Morgan fingerprint density at radius 1 is 1.32 bits per heavy atom. The lowest BCUT2D eigenvalue weighted by atomic mass is 9.94. The number of aliphatic hydroxyl groups excluding tert-OH is 1. The SMILES string of the molecule is Cc1nnc(CN=C(NCCc2cccs2)NCC(CCO)CC(C)C)n1C. The topological polar surface area (TPSA) is 87.4 Å². The van der Waals surface area contributed by atoms with Gasteiger partial charge in [-0.15, -0.1) is 21.5 Å². The van der Waals surface area contributed by atoms with Crippen molar-refractivity contribution in [3.05, 3.63) is 34.0 Å². The van der Waals surface area contributed by atoms with Gasteiger partial charge in [-0.25, -0.2) is 4.99 Å². The molecule has 0 aliphatic rings. The molecule has 1 atom stereocenters. The first kappa shape index (κ1) is 22.4. The molecule has 0 aliphatic heterocycles. The lowest BCUT2D eigenvalue weighted by molar-refractivity contribution is 0.243. The molecule has 156 valence electrons. The van der Waals surface area contributed by atoms with E-state index in [4.69, 9.17) is 4.99 Å². The van der Waals surface area contributed by atoms with Gasteiger partial charge in [-0.2, -0.15) is 0 Å². The van der Waals surface area contributed by atoms with Crippen LogP contribution in [-0.4, -0.2) is 45.5 Å². The van der Waals surface area contributed by atoms with E-state index < -0.39 is 0 Å². The van der Waals surface area contributed by atoms with Crippen LogP contribution in [0.15, 0.2) is 22.5 Å². The molecule has 3 N–H and O–H groups in total. The number of rotatable bonds is 11. The van der Waals surface area contributed by atoms with Crippen LogP contribution in [0.2, 0.25) is 0 Å². The van der Waals surface area contributed by atoms with Crippen LogP contribution in [0.4, 0.5) is 0 Å². The van der Waals surface area contributed by atoms with Gasteiger partial charge in [0.2, 0.25) is 0 Å². The first-order chi connectivity index (χ1) is 13.5. The molecule has 0 saturated carbocycles. The summed E-state index contributed by atoms with van der Waals surface area (Å²) in [5.41, 5.74) is 0. The number of guanidine groups is 1. The second kappa shape index (κ2) is 11.8. The Hall–Kier alpha value is -1.93. The molecule has 28 heavy (non-hydrogen) atoms. The van der Waals surface area contributed by atoms with Crippen LogP contribution < -0.4 is 10.6 Å². The third-order valence-electron chi connectivity index (χ3n) is 4.71. The number of aromatic nitrogens is 3. The zero-order valence-corrected chi connectivity index (χ0v) is 18.3. The first-order valence-corrected chi connectivity index (χ1v) is 10.9. The van der Waals surface area contributed by atoms with E-state index in [1.807, 2.05) is 18.5 Å². The van der Waals surface area contributed by atoms with E-state index in [1.54, 1.807) is 11.3 Å². The number of hydrogen-bond acceptors (Lipinski definition) is 5. The van der Waals surface area contributed by atoms with Gasteiger partial charge in [-0.05, 0) is 49.5 Å². The molecule has 8 heteroatoms. The molecule has 2 heterocycles. The summed E-state index contributed by atoms with van der Waals surface area (Å²) in [6.45, 7) is 8.67. The number of aryl methyl sites for hydroxylation is 1. The minimum atomic E-state index is 0.218. The molecule has 2 rings (SSSR count). The van der Waals surface area contributed by atoms with Crippen LogP contribution >= 0.6 is 11.3 Å². The molecule has 0 bridgehead atoms. The molecule has 0 aliphatic carbocycles. The summed E-state index contributed by atoms with van der Waals surface area (Å²) in [7, 11) is 1.96. The number of aliphatic hydroxyl groups is 1. The maximum Gasteiger partial charge on any atom is 0.191 e. The van der Waals surface area contributed by atoms with Crippen LogP contribution in [0.25, 0.3) is 0 Å². The molecule has 1 unspecified atom stereocenters. The van der Waals surface area contributed by atoms with Gasteiger partial charge in [-0.3, -0.25) is 0 Å². The van der Waals surface area contributed by atoms with Crippen LogP contribution in [0.3, 0.4) is 0 Å². The fraction of sp³-hybridized carbons (Fsp3) is 0.650. The smallest absolute Gasteiger partial charge is 0.191 e. The summed E-state index contributed by atoms with van der Waals surface area (Å²) in [6.07, 6.45) is 2.85. The Kier molecular flexibility index (Phi) is 9.43. The molecule has 7 nitrogen and oxygen atoms in total. The van der Waals surface area contributed by atoms with Crippen molar-refractivity contribution in [3.8, 4) is 0 Å². The van der Waals surface area contributed by atoms with Gasteiger partial charge in [0.05, 0.1) is 0 Å². The van der Waals surface area contributed by atoms with Gasteiger partial charge in [0.25, 0.3) is 0 Å². The second-order valence-corrected chi connectivity index (χ2v) is 8.56. The molecular formula is C20H34N6OS. The molecule has 0 saturated heterocycles. The number of nitrogens with zero attached hydrogens (tertiary/aromatic N) is 4. The first-order valence-electron chi connectivity index (χ1n) is 9.99. The van der Waals surface area contributed by atoms with Gasteiger partial charge < -0.3 is 20.3 Å². The molecule has 0 amide bonds. The van der Waals surface area contributed by atoms with Crippen molar-refractivity contribution in [2.45, 2.75) is 46.6 Å². The highest BCUT2D eigenvalue weighted by Crippen LogP contribution is 2.14. The predicted octanol–water partition coefficient (Wildman–Crippen LogP) is 2.51. The van der Waals surface area contributed by atoms with Crippen molar-refractivity contribution < 1.29 is 5.11 Å². The van der Waals surface area contributed by atoms with E-state index in [1.165, 1.54) is 4.88 Å². The summed E-state index contributed by atoms with van der Waals surface area (Å²) < 4.78 is 1.96. The van der Waals surface area contributed by atoms with Crippen molar-refractivity contribution in [2.75, 3.05) is 19.7 Å². The maximum atomic E-state index is 9.36. The van der Waals surface area contributed by atoms with E-state index in [0.29, 0.717) is 18.4 Å². The zero-order chi connectivity index (χ0) is 20.4. The fourth-order valence-corrected chi connectivity index (χ4v) is 3.77. The molecule has 2 aromatic heterocycles. The summed E-state index contributed by atoms with van der Waals surface area (Å²) in [6, 6.07) is 4.23. The summed E-state index contributed by atoms with van der Waals surface area (Å²) in [4.78, 5) is 6.07. The van der Waals surface area contributed by atoms with E-state index in [-0.39, 0.29) is 6.61 Å². The predicted molar refractivity (Wildman–Crippen MR) is 116 cm³/mol. The molecule has 0 fully saturated rings. The van der Waals surface area contributed by atoms with Gasteiger partial charge in [0, 0.05) is 31.6 Å². The monoisotopic (exact) mass is 406 g/mol. The summed E-state index contributed by atoms with van der Waals surface area (Å²) >= 11 is 1.77. The maximum absolute atomic E-state index is 9.36. The minimum absolute atomic E-state index is 0.218. The van der Waals surface area contributed by atoms with Crippen molar-refractivity contribution in [3.63, 3.8) is 0 Å². The molecule has 0 aromatic carbocycles. The quantitative estimate of drug-likeness (QED) is 0.394. The normalized spacial score (nSPS) is 13.1. The van der Waals surface area contributed by atoms with Gasteiger partial charge in [-0.1, -0.05) is 19.9 Å². The Balaban J connectivity index is 1.97. The van der Waals surface area contributed by atoms with Crippen LogP contribution in [0.1, 0.15) is 43.2 Å². The number of nitrogens with one attached hydrogen (secondary N) is 2. The second-order valence-electron chi connectivity index (χ2n) is 7.53. The Bertz CT molecular complexity index is 710. The standard InChI is InChI=1S/C20H34N6OS/c1-15(2)12-17(8-10-27)13-22-20(21-9-7-18-6-5-11-28-18)23-14-19-25-24-16(3)26(19)4/h5-6,11,15,17,27H,7-10,12-14H2,1-4H3,(H2,21,22,23). The highest BCUT2D eigenvalue weighted by molar-refractivity contribution is 7.09. The van der Waals surface area contributed by atoms with Crippen molar-refractivity contribution >= 4 is 17.3 Å². The van der Waals surface area contributed by atoms with E-state index >= 15 is 0 Å². The lowest BCUT2D eigenvalue weighted by Crippen LogP contribution is -2.41. The summed E-state index contributed by atoms with van der Waals surface area (Å²) in [5, 5.41) is 26.6. The number of thiophene rings is 1. The third kappa shape index (κ3) is 7.59. The molecule has 0 radical (unpaired) electrons. The highest BCUT2D eigenvalue weighted by atomic mass is 32.1. The number of hydrogen-bond donors (Lipinski definition) is 3. The lowest BCUT2D eigenvalue weighted by Gasteiger charge is -2.20. The fourth-order valence-electron chi connectivity index (χ4n) is 3.07. The Labute approximate surface area is 172 Å². The summed E-state index contributed by atoms with van der Waals surface area (Å²) in [5.74, 6) is 3.53. The molecular weight excluding hydrogens is 372 g/mol. The van der Waals surface area contributed by atoms with E-state index in [0.717, 1.165) is 50.0 Å². The van der Waals surface area contributed by atoms with E-state index in [2.05, 4.69) is 52.2 Å². The highest BCUT2D eigenvalue weighted by Gasteiger charge is 2.12. The van der Waals surface area contributed by atoms with Gasteiger partial charge in [0.15, 0.2) is 11.8 Å². The van der Waals surface area contributed by atoms with Crippen molar-refractivity contribution in [1.82, 2.24) is 25.4 Å². The minimum Gasteiger partial charge on any atom is -0.396 e. The molecule has 2 aromatic rings. The van der Waals surface area contributed by atoms with Crippen molar-refractivity contribution in [2.24, 2.45) is 23.9 Å². The Morgan fingerprint density at radius 2 is 2.14 bits per heavy atom. The van der Waals surface area contributed by atoms with Gasteiger partial charge >= 0.3 is 0 Å². The zero-order valence-electron chi connectivity index (χ0n) is 17.5. The largest absolute Gasteiger partial charge is 0.396 e. The van der Waals surface area contributed by atoms with Crippen molar-refractivity contribution in [1.29, 1.82) is 0 Å². The van der Waals surface area contributed by atoms with Gasteiger partial charge in [0.1, 0.15) is 12.4 Å².